The Kier molecular flexibility index (Phi) is 4.15. The van der Waals surface area contributed by atoms with Crippen LogP contribution in [0.3, 0.4) is 0 Å². The number of halogens is 1. The molecule has 2 rings (SSSR count). The van der Waals surface area contributed by atoms with E-state index in [-0.39, 0.29) is 5.91 Å². The summed E-state index contributed by atoms with van der Waals surface area (Å²) in [6.07, 6.45) is 6.27. The van der Waals surface area contributed by atoms with Gasteiger partial charge in [0.1, 0.15) is 0 Å². The fourth-order valence-electron chi connectivity index (χ4n) is 2.51. The molecular formula is C13H17BrN2O. The highest BCUT2D eigenvalue weighted by atomic mass is 79.9. The summed E-state index contributed by atoms with van der Waals surface area (Å²) in [6, 6.07) is 4.42. The van der Waals surface area contributed by atoms with Crippen molar-refractivity contribution in [1.82, 2.24) is 10.3 Å². The standard InChI is InChI=1S/C13H17BrN2O/c1-9(17)16-12-4-2-3-10(7-12)13-6-5-11(14)8-15-13/h5-6,8,10,12H,2-4,7H2,1H3,(H,16,17). The summed E-state index contributed by atoms with van der Waals surface area (Å²) in [4.78, 5) is 15.5. The third-order valence-corrected chi connectivity index (χ3v) is 3.72. The van der Waals surface area contributed by atoms with Crippen LogP contribution in [0.25, 0.3) is 0 Å². The van der Waals surface area contributed by atoms with Gasteiger partial charge in [-0.15, -0.1) is 0 Å². The van der Waals surface area contributed by atoms with E-state index < -0.39 is 0 Å². The van der Waals surface area contributed by atoms with Gasteiger partial charge in [-0.2, -0.15) is 0 Å². The van der Waals surface area contributed by atoms with Crippen LogP contribution in [0, 0.1) is 0 Å². The second kappa shape index (κ2) is 5.63. The van der Waals surface area contributed by atoms with Gasteiger partial charge in [0.25, 0.3) is 0 Å². The second-order valence-electron chi connectivity index (χ2n) is 4.66. The van der Waals surface area contributed by atoms with Crippen molar-refractivity contribution >= 4 is 21.8 Å². The highest BCUT2D eigenvalue weighted by molar-refractivity contribution is 9.10. The van der Waals surface area contributed by atoms with E-state index in [4.69, 9.17) is 0 Å². The van der Waals surface area contributed by atoms with Crippen molar-refractivity contribution in [2.24, 2.45) is 0 Å². The lowest BCUT2D eigenvalue weighted by Gasteiger charge is -2.29. The molecule has 0 spiro atoms. The average molecular weight is 297 g/mol. The first kappa shape index (κ1) is 12.6. The zero-order valence-electron chi connectivity index (χ0n) is 9.95. The normalized spacial score (nSPS) is 24.4. The fraction of sp³-hybridized carbons (Fsp3) is 0.538. The van der Waals surface area contributed by atoms with Crippen molar-refractivity contribution < 1.29 is 4.79 Å². The Morgan fingerprint density at radius 1 is 1.47 bits per heavy atom. The van der Waals surface area contributed by atoms with Crippen LogP contribution in [0.4, 0.5) is 0 Å². The topological polar surface area (TPSA) is 42.0 Å². The maximum atomic E-state index is 11.1. The number of carbonyl (C=O) groups excluding carboxylic acids is 1. The predicted octanol–water partition coefficient (Wildman–Crippen LogP) is 3.01. The molecule has 1 amide bonds. The Hall–Kier alpha value is -0.900. The molecule has 2 atom stereocenters. The van der Waals surface area contributed by atoms with E-state index >= 15 is 0 Å². The first-order chi connectivity index (χ1) is 8.15. The highest BCUT2D eigenvalue weighted by Crippen LogP contribution is 2.32. The molecule has 0 aromatic carbocycles. The molecule has 2 unspecified atom stereocenters. The minimum absolute atomic E-state index is 0.0689. The lowest BCUT2D eigenvalue weighted by Crippen LogP contribution is -2.36. The lowest BCUT2D eigenvalue weighted by atomic mass is 9.83. The van der Waals surface area contributed by atoms with E-state index in [0.29, 0.717) is 12.0 Å². The van der Waals surface area contributed by atoms with Crippen LogP contribution < -0.4 is 5.32 Å². The first-order valence-corrected chi connectivity index (χ1v) is 6.83. The van der Waals surface area contributed by atoms with Crippen molar-refractivity contribution in [1.29, 1.82) is 0 Å². The molecular weight excluding hydrogens is 280 g/mol. The van der Waals surface area contributed by atoms with Gasteiger partial charge in [-0.05, 0) is 47.3 Å². The number of hydrogen-bond acceptors (Lipinski definition) is 2. The maximum Gasteiger partial charge on any atom is 0.217 e. The van der Waals surface area contributed by atoms with E-state index in [1.54, 1.807) is 6.92 Å². The smallest absolute Gasteiger partial charge is 0.217 e. The van der Waals surface area contributed by atoms with Crippen LogP contribution in [0.2, 0.25) is 0 Å². The summed E-state index contributed by atoms with van der Waals surface area (Å²) in [7, 11) is 0. The average Bonchev–Trinajstić information content (AvgIpc) is 2.29. The Morgan fingerprint density at radius 2 is 2.29 bits per heavy atom. The number of amides is 1. The summed E-state index contributed by atoms with van der Waals surface area (Å²) in [5.41, 5.74) is 1.14. The molecule has 0 radical (unpaired) electrons. The molecule has 4 heteroatoms. The summed E-state index contributed by atoms with van der Waals surface area (Å²) in [6.45, 7) is 1.58. The Morgan fingerprint density at radius 3 is 2.94 bits per heavy atom. The highest BCUT2D eigenvalue weighted by Gasteiger charge is 2.24. The maximum absolute atomic E-state index is 11.1. The number of hydrogen-bond donors (Lipinski definition) is 1. The second-order valence-corrected chi connectivity index (χ2v) is 5.58. The SMILES string of the molecule is CC(=O)NC1CCCC(c2ccc(Br)cn2)C1. The van der Waals surface area contributed by atoms with Crippen LogP contribution in [-0.2, 0) is 4.79 Å². The molecule has 1 fully saturated rings. The van der Waals surface area contributed by atoms with Crippen LogP contribution in [0.1, 0.15) is 44.2 Å². The largest absolute Gasteiger partial charge is 0.354 e. The van der Waals surface area contributed by atoms with Crippen molar-refractivity contribution in [3.63, 3.8) is 0 Å². The van der Waals surface area contributed by atoms with Gasteiger partial charge in [-0.25, -0.2) is 0 Å². The van der Waals surface area contributed by atoms with Gasteiger partial charge in [0.15, 0.2) is 0 Å². The Labute approximate surface area is 110 Å². The number of nitrogens with one attached hydrogen (secondary N) is 1. The molecule has 92 valence electrons. The molecule has 1 aliphatic carbocycles. The van der Waals surface area contributed by atoms with Crippen molar-refractivity contribution in [2.75, 3.05) is 0 Å². The molecule has 1 aromatic rings. The van der Waals surface area contributed by atoms with Crippen molar-refractivity contribution in [3.8, 4) is 0 Å². The van der Waals surface area contributed by atoms with Crippen LogP contribution in [0.5, 0.6) is 0 Å². The molecule has 17 heavy (non-hydrogen) atoms. The van der Waals surface area contributed by atoms with Gasteiger partial charge in [-0.1, -0.05) is 6.42 Å². The third kappa shape index (κ3) is 3.53. The Balaban J connectivity index is 2.01. The van der Waals surface area contributed by atoms with Gasteiger partial charge in [0.05, 0.1) is 0 Å². The van der Waals surface area contributed by atoms with E-state index in [2.05, 4.69) is 32.3 Å². The van der Waals surface area contributed by atoms with Crippen molar-refractivity contribution in [3.05, 3.63) is 28.5 Å². The number of rotatable bonds is 2. The minimum Gasteiger partial charge on any atom is -0.354 e. The van der Waals surface area contributed by atoms with Crippen molar-refractivity contribution in [2.45, 2.75) is 44.6 Å². The Bertz CT molecular complexity index is 391. The molecule has 1 saturated carbocycles. The first-order valence-electron chi connectivity index (χ1n) is 6.03. The summed E-state index contributed by atoms with van der Waals surface area (Å²) >= 11 is 3.39. The zero-order chi connectivity index (χ0) is 12.3. The lowest BCUT2D eigenvalue weighted by molar-refractivity contribution is -0.119. The molecule has 1 aromatic heterocycles. The molecule has 1 N–H and O–H groups in total. The van der Waals surface area contributed by atoms with Crippen LogP contribution >= 0.6 is 15.9 Å². The van der Waals surface area contributed by atoms with Gasteiger partial charge in [-0.3, -0.25) is 9.78 Å². The van der Waals surface area contributed by atoms with Crippen LogP contribution in [0.15, 0.2) is 22.8 Å². The fourth-order valence-corrected chi connectivity index (χ4v) is 2.74. The molecule has 1 heterocycles. The molecule has 3 nitrogen and oxygen atoms in total. The number of pyridine rings is 1. The molecule has 0 aliphatic heterocycles. The van der Waals surface area contributed by atoms with Gasteiger partial charge in [0, 0.05) is 35.2 Å². The number of nitrogens with zero attached hydrogens (tertiary/aromatic N) is 1. The molecule has 0 saturated heterocycles. The van der Waals surface area contributed by atoms with E-state index in [1.807, 2.05) is 12.3 Å². The third-order valence-electron chi connectivity index (χ3n) is 3.25. The summed E-state index contributed by atoms with van der Waals surface area (Å²) in [5, 5.41) is 3.02. The van der Waals surface area contributed by atoms with Gasteiger partial charge in [0.2, 0.25) is 5.91 Å². The van der Waals surface area contributed by atoms with E-state index in [0.717, 1.165) is 29.4 Å². The summed E-state index contributed by atoms with van der Waals surface area (Å²) < 4.78 is 1.01. The quantitative estimate of drug-likeness (QED) is 0.911. The minimum atomic E-state index is 0.0689. The van der Waals surface area contributed by atoms with Gasteiger partial charge < -0.3 is 5.32 Å². The predicted molar refractivity (Wildman–Crippen MR) is 70.8 cm³/mol. The van der Waals surface area contributed by atoms with Crippen LogP contribution in [-0.4, -0.2) is 16.9 Å². The number of carbonyl (C=O) groups is 1. The number of aromatic nitrogens is 1. The molecule has 0 bridgehead atoms. The molecule has 1 aliphatic rings. The van der Waals surface area contributed by atoms with E-state index in [1.165, 1.54) is 6.42 Å². The summed E-state index contributed by atoms with van der Waals surface area (Å²) in [5.74, 6) is 0.549. The monoisotopic (exact) mass is 296 g/mol. The zero-order valence-corrected chi connectivity index (χ0v) is 11.5. The van der Waals surface area contributed by atoms with Gasteiger partial charge >= 0.3 is 0 Å². The van der Waals surface area contributed by atoms with E-state index in [9.17, 15) is 4.79 Å².